The third-order valence-electron chi connectivity index (χ3n) is 25.4. The number of nitrogens with one attached hydrogen (secondary N) is 2. The van der Waals surface area contributed by atoms with Gasteiger partial charge in [0.25, 0.3) is 5.91 Å². The van der Waals surface area contributed by atoms with Crippen LogP contribution in [0.5, 0.6) is 0 Å². The lowest BCUT2D eigenvalue weighted by atomic mass is 9.77. The highest BCUT2D eigenvalue weighted by atomic mass is 35.5. The molecule has 1 aliphatic heterocycles. The largest absolute Gasteiger partial charge is 0.371 e. The van der Waals surface area contributed by atoms with Crippen molar-refractivity contribution in [2.24, 2.45) is 44.3 Å². The van der Waals surface area contributed by atoms with E-state index in [1.165, 1.54) is 42.1 Å². The van der Waals surface area contributed by atoms with Crippen molar-refractivity contribution in [3.8, 4) is 0 Å². The second-order valence-electron chi connectivity index (χ2n) is 46.1. The number of aryl methyl sites for hydroxylation is 1. The van der Waals surface area contributed by atoms with Crippen molar-refractivity contribution in [2.45, 2.75) is 310 Å². The van der Waals surface area contributed by atoms with Gasteiger partial charge < -0.3 is 15.5 Å². The lowest BCUT2D eigenvalue weighted by Gasteiger charge is -2.33. The third kappa shape index (κ3) is 37.6. The maximum absolute atomic E-state index is 14.4. The number of nitrogens with zero attached hydrogens (tertiary/aromatic N) is 1. The lowest BCUT2D eigenvalue weighted by molar-refractivity contribution is -0.132. The Labute approximate surface area is 856 Å². The van der Waals surface area contributed by atoms with Gasteiger partial charge in [-0.05, 0) is 181 Å². The van der Waals surface area contributed by atoms with E-state index in [9.17, 15) is 76.3 Å². The number of carbonyl (C=O) groups excluding carboxylic acids is 15. The molecule has 1 saturated heterocycles. The van der Waals surface area contributed by atoms with Crippen LogP contribution in [0.1, 0.15) is 328 Å². The van der Waals surface area contributed by atoms with Gasteiger partial charge in [0.15, 0.2) is 69.4 Å². The van der Waals surface area contributed by atoms with Gasteiger partial charge >= 0.3 is 0 Å². The Kier molecular flexibility index (Phi) is 42.6. The minimum Gasteiger partial charge on any atom is -0.371 e. The van der Waals surface area contributed by atoms with Gasteiger partial charge in [0.05, 0.1) is 54.4 Å². The highest BCUT2D eigenvalue weighted by Gasteiger charge is 2.41. The van der Waals surface area contributed by atoms with Crippen molar-refractivity contribution < 1.29 is 76.3 Å². The number of halogens is 4. The first-order valence-electron chi connectivity index (χ1n) is 49.9. The molecule has 0 spiro atoms. The normalized spacial score (nSPS) is 19.5. The smallest absolute Gasteiger partial charge is 0.251 e. The Morgan fingerprint density at radius 1 is 0.387 bits per heavy atom. The fourth-order valence-corrected chi connectivity index (χ4v) is 18.4. The van der Waals surface area contributed by atoms with E-state index in [2.05, 4.69) is 150 Å². The average Bonchev–Trinajstić information content (AvgIpc) is 0.780. The van der Waals surface area contributed by atoms with Crippen molar-refractivity contribution >= 4 is 133 Å². The predicted molar refractivity (Wildman–Crippen MR) is 566 cm³/mol. The topological polar surface area (TPSA) is 283 Å². The second-order valence-corrected chi connectivity index (χ2v) is 47.3. The standard InChI is InChI=1S/C23H31NO2.C21H26O3.C20H25NO3.C19H23NO3.C19H24O2.C18H18Cl3FO2/c1-23(2,3)12-11-19-21(25)15-17(16-22(19)26)18-9-5-6-10-20(18)24-13-7-4-8-14-24;1-14(22)11-15-7-5-6-8-17(15)16-12-19(23)18(20(24)13-16)9-10-21(2,3)4;1-13-5-7-15(8-6-13)21-19(24)14-11-17(22)16(18(23)12-14)9-10-20(2,3)4;1-19(2,3)10-9-15-16(21)11-14(12-17(15)22)20-18(23)13-7-5-4-6-8-13;1-19(2,3)10-9-16-17(20)12-15(13-18(16)21)11-14-7-5-4-6-8-14;1-18(2,3)5-4-10-13(23)6-9(7-14(10)24)15-16(21)11(19)8-12(20)17(15)22/h5-6,9-11,17H,4,7-8,12-16H2,1-3H3;5-9,16H,10-13H2,1-4H3;5-9,14H,10-12H2,1-4H3,(H,21,24);4-9,14H,10-12H2,1-3H3,(H,20,23);4-9,15H,10-13H2,1-3H3;4,8-9H,5-7H2,1-3H3. The van der Waals surface area contributed by atoms with Gasteiger partial charge in [-0.15, -0.1) is 0 Å². The molecule has 6 aliphatic carbocycles. The molecule has 0 bridgehead atoms. The highest BCUT2D eigenvalue weighted by Crippen LogP contribution is 2.45. The van der Waals surface area contributed by atoms with Crippen molar-refractivity contribution in [3.63, 3.8) is 0 Å². The van der Waals surface area contributed by atoms with Crippen LogP contribution >= 0.6 is 34.8 Å². The number of ketones is 13. The summed E-state index contributed by atoms with van der Waals surface area (Å²) in [6.07, 6.45) is 22.9. The maximum Gasteiger partial charge on any atom is 0.251 e. The van der Waals surface area contributed by atoms with Crippen LogP contribution in [-0.2, 0) is 80.0 Å². The van der Waals surface area contributed by atoms with Crippen molar-refractivity contribution in [2.75, 3.05) is 23.3 Å². The van der Waals surface area contributed by atoms with Gasteiger partial charge in [-0.2, -0.15) is 0 Å². The summed E-state index contributed by atoms with van der Waals surface area (Å²) >= 11 is 17.8. The van der Waals surface area contributed by atoms with Gasteiger partial charge in [0.2, 0.25) is 5.91 Å². The monoisotopic (exact) mass is 1990 g/mol. The Bertz CT molecular complexity index is 5690. The van der Waals surface area contributed by atoms with E-state index in [1.54, 1.807) is 49.4 Å². The van der Waals surface area contributed by atoms with E-state index in [0.717, 1.165) is 49.0 Å². The minimum atomic E-state index is -0.723. The number of piperidine rings is 1. The van der Waals surface area contributed by atoms with Crippen LogP contribution in [0, 0.1) is 57.1 Å². The molecule has 0 aromatic heterocycles. The zero-order valence-electron chi connectivity index (χ0n) is 87.0. The zero-order chi connectivity index (χ0) is 105. The van der Waals surface area contributed by atoms with Crippen LogP contribution in [0.25, 0.3) is 0 Å². The van der Waals surface area contributed by atoms with Crippen LogP contribution in [0.3, 0.4) is 0 Å². The van der Waals surface area contributed by atoms with Crippen LogP contribution in [0.15, 0.2) is 209 Å². The molecule has 2 amide bonds. The van der Waals surface area contributed by atoms with E-state index in [1.807, 2.05) is 125 Å². The van der Waals surface area contributed by atoms with E-state index in [-0.39, 0.29) is 208 Å². The lowest BCUT2D eigenvalue weighted by Crippen LogP contribution is -2.42. The summed E-state index contributed by atoms with van der Waals surface area (Å²) in [4.78, 5) is 187. The Balaban J connectivity index is 0.000000209. The number of amides is 2. The molecule has 18 nitrogen and oxygen atoms in total. The van der Waals surface area contributed by atoms with Crippen molar-refractivity contribution in [1.82, 2.24) is 5.32 Å². The molecular weight excluding hydrogens is 1850 g/mol. The number of para-hydroxylation sites is 1. The van der Waals surface area contributed by atoms with Gasteiger partial charge in [-0.3, -0.25) is 71.9 Å². The number of allylic oxidation sites excluding steroid dienone is 12. The van der Waals surface area contributed by atoms with Crippen molar-refractivity contribution in [3.05, 3.63) is 269 Å². The fraction of sp³-hybridized carbons (Fsp3) is 0.475. The van der Waals surface area contributed by atoms with Crippen LogP contribution in [0.2, 0.25) is 15.1 Å². The molecule has 7 fully saturated rings. The van der Waals surface area contributed by atoms with E-state index < -0.39 is 23.7 Å². The molecule has 6 aromatic carbocycles. The van der Waals surface area contributed by atoms with E-state index >= 15 is 0 Å². The van der Waals surface area contributed by atoms with E-state index in [0.29, 0.717) is 104 Å². The van der Waals surface area contributed by atoms with E-state index in [4.69, 9.17) is 34.8 Å². The van der Waals surface area contributed by atoms with Gasteiger partial charge in [-0.1, -0.05) is 305 Å². The molecule has 6 saturated carbocycles. The van der Waals surface area contributed by atoms with Gasteiger partial charge in [0, 0.05) is 137 Å². The number of hydrogen-bond donors (Lipinski definition) is 2. The summed E-state index contributed by atoms with van der Waals surface area (Å²) < 4.78 is 14.4. The minimum absolute atomic E-state index is 0.00582. The Hall–Kier alpha value is -11.0. The summed E-state index contributed by atoms with van der Waals surface area (Å²) in [5.74, 6) is -3.80. The first-order chi connectivity index (χ1) is 66.3. The Morgan fingerprint density at radius 2 is 0.725 bits per heavy atom. The third-order valence-corrected chi connectivity index (χ3v) is 26.4. The van der Waals surface area contributed by atoms with Crippen LogP contribution in [0.4, 0.5) is 15.8 Å². The number of carbonyl (C=O) groups is 15. The van der Waals surface area contributed by atoms with Crippen LogP contribution < -0.4 is 15.5 Å². The molecule has 142 heavy (non-hydrogen) atoms. The Morgan fingerprint density at radius 3 is 1.12 bits per heavy atom. The molecule has 22 heteroatoms. The quantitative estimate of drug-likeness (QED) is 0.0459. The second kappa shape index (κ2) is 52.0. The molecule has 6 aromatic rings. The molecule has 0 atom stereocenters. The molecule has 0 radical (unpaired) electrons. The molecule has 1 heterocycles. The van der Waals surface area contributed by atoms with Crippen molar-refractivity contribution in [1.29, 1.82) is 0 Å². The molecule has 0 unspecified atom stereocenters. The van der Waals surface area contributed by atoms with Gasteiger partial charge in [-0.25, -0.2) is 4.39 Å². The SMILES string of the molecule is CC(=O)Cc1ccccc1C1CC(=O)C(=CCC(C)(C)C)C(=O)C1.CC(C)(C)CC=C1C(=O)CC(Cc2ccccc2)CC1=O.CC(C)(C)CC=C1C(=O)CC(NC(=O)c2ccccc2)CC1=O.CC(C)(C)CC=C1C(=O)CC(c2c(F)c(Cl)cc(Cl)c2Cl)CC1=O.CC(C)(C)CC=C1C(=O)CC(c2ccccc2N2CCCCC2)CC1=O.Cc1ccc(NC(=O)C2CC(=O)C(=CCC(C)(C)C)C(=O)C2)cc1. The zero-order valence-corrected chi connectivity index (χ0v) is 89.2. The highest BCUT2D eigenvalue weighted by molar-refractivity contribution is 6.44. The molecular formula is C120H147Cl3FN3O15. The molecule has 760 valence electrons. The number of hydrogen-bond acceptors (Lipinski definition) is 16. The number of rotatable bonds is 18. The van der Waals surface area contributed by atoms with Crippen LogP contribution in [-0.4, -0.2) is 106 Å². The summed E-state index contributed by atoms with van der Waals surface area (Å²) in [5.41, 5.74) is 10.1. The predicted octanol–water partition coefficient (Wildman–Crippen LogP) is 26.5. The number of anilines is 2. The molecule has 2 N–H and O–H groups in total. The fourth-order valence-electron chi connectivity index (χ4n) is 17.6. The molecule has 7 aliphatic rings. The van der Waals surface area contributed by atoms with Gasteiger partial charge in [0.1, 0.15) is 11.6 Å². The summed E-state index contributed by atoms with van der Waals surface area (Å²) in [6, 6.07) is 43.1. The summed E-state index contributed by atoms with van der Waals surface area (Å²) in [6.45, 7) is 43.0. The number of benzene rings is 6. The first-order valence-corrected chi connectivity index (χ1v) is 51.0. The maximum atomic E-state index is 14.4. The average molecular weight is 2000 g/mol. The summed E-state index contributed by atoms with van der Waals surface area (Å²) in [5, 5.41) is 5.51. The summed E-state index contributed by atoms with van der Waals surface area (Å²) in [7, 11) is 0. The first kappa shape index (κ1) is 116. The number of Topliss-reactive ketones (excluding diaryl/α,β-unsaturated/α-hetero) is 13. The molecule has 13 rings (SSSR count).